The van der Waals surface area contributed by atoms with Gasteiger partial charge in [0, 0.05) is 12.8 Å². The van der Waals surface area contributed by atoms with Gasteiger partial charge in [0.15, 0.2) is 0 Å². The normalized spacial score (nSPS) is 13.1. The third-order valence-corrected chi connectivity index (χ3v) is 8.59. The summed E-state index contributed by atoms with van der Waals surface area (Å²) in [6.45, 7) is 2.31. The molecular weight excluding hydrogens is 614 g/mol. The van der Waals surface area contributed by atoms with Crippen LogP contribution in [0, 0.1) is 0 Å². The van der Waals surface area contributed by atoms with Gasteiger partial charge < -0.3 is 40.1 Å². The number of primary amides is 1. The standard InChI is InChI=1S/C34H69N9O5/c35-22-12-5-1-3-7-20-30(44)42(28(32(41)46)18-10-15-25-38)34(48)29(19-11-16-26-39)43(33(47)27(40)17-9-14-24-37)31(45)21-8-4-2-6-13-23-36/h27-29H,1-26,35-40H2,(H2,41,46)/t27-,28-,29-/m0/s1. The molecule has 5 amide bonds. The maximum Gasteiger partial charge on any atom is 0.253 e. The minimum atomic E-state index is -1.35. The molecule has 48 heavy (non-hydrogen) atoms. The van der Waals surface area contributed by atoms with Crippen LogP contribution in [0.3, 0.4) is 0 Å². The van der Waals surface area contributed by atoms with Gasteiger partial charge >= 0.3 is 0 Å². The molecule has 0 aliphatic rings. The number of imide groups is 2. The lowest BCUT2D eigenvalue weighted by Crippen LogP contribution is -2.61. The van der Waals surface area contributed by atoms with Gasteiger partial charge in [-0.2, -0.15) is 0 Å². The van der Waals surface area contributed by atoms with Crippen molar-refractivity contribution in [3.05, 3.63) is 0 Å². The first-order valence-corrected chi connectivity index (χ1v) is 18.4. The van der Waals surface area contributed by atoms with Gasteiger partial charge in [-0.05, 0) is 110 Å². The fourth-order valence-electron chi connectivity index (χ4n) is 5.74. The summed E-state index contributed by atoms with van der Waals surface area (Å²) in [6.07, 6.45) is 11.6. The molecule has 0 rings (SSSR count). The van der Waals surface area contributed by atoms with Crippen LogP contribution in [-0.4, -0.2) is 90.2 Å². The van der Waals surface area contributed by atoms with Gasteiger partial charge in [-0.1, -0.05) is 44.9 Å². The first kappa shape index (κ1) is 45.5. The van der Waals surface area contributed by atoms with E-state index in [1.807, 2.05) is 0 Å². The smallest absolute Gasteiger partial charge is 0.253 e. The SMILES string of the molecule is NCCCCCCCC(=O)N(C(=O)[C@@H](N)CCCCN)[C@@H](CCCCN)C(=O)N(C(=O)CCCCCCCN)[C@@H](CCCCN)C(N)=O. The van der Waals surface area contributed by atoms with Crippen LogP contribution in [-0.2, 0) is 24.0 Å². The molecule has 0 saturated carbocycles. The number of carbonyl (C=O) groups excluding carboxylic acids is 5. The molecule has 0 unspecified atom stereocenters. The molecular formula is C34H69N9O5. The van der Waals surface area contributed by atoms with Crippen molar-refractivity contribution in [2.75, 3.05) is 32.7 Å². The number of nitrogens with zero attached hydrogens (tertiary/aromatic N) is 2. The third-order valence-electron chi connectivity index (χ3n) is 8.59. The zero-order chi connectivity index (χ0) is 36.2. The average Bonchev–Trinajstić information content (AvgIpc) is 3.06. The topological polar surface area (TPSA) is 274 Å². The molecule has 3 atom stereocenters. The number of nitrogens with two attached hydrogens (primary N) is 7. The van der Waals surface area contributed by atoms with E-state index in [9.17, 15) is 24.0 Å². The van der Waals surface area contributed by atoms with E-state index in [0.717, 1.165) is 61.2 Å². The Hall–Kier alpha value is -2.49. The quantitative estimate of drug-likeness (QED) is 0.0510. The predicted octanol–water partition coefficient (Wildman–Crippen LogP) is 1.23. The first-order valence-electron chi connectivity index (χ1n) is 18.4. The lowest BCUT2D eigenvalue weighted by atomic mass is 9.99. The number of hydrogen-bond acceptors (Lipinski definition) is 11. The Kier molecular flexibility index (Phi) is 27.9. The monoisotopic (exact) mass is 684 g/mol. The van der Waals surface area contributed by atoms with Crippen molar-refractivity contribution in [2.24, 2.45) is 40.1 Å². The van der Waals surface area contributed by atoms with Crippen molar-refractivity contribution in [2.45, 2.75) is 153 Å². The molecule has 14 nitrogen and oxygen atoms in total. The molecule has 0 aromatic heterocycles. The van der Waals surface area contributed by atoms with Crippen molar-refractivity contribution in [1.29, 1.82) is 0 Å². The number of unbranched alkanes of at least 4 members (excludes halogenated alkanes) is 11. The zero-order valence-electron chi connectivity index (χ0n) is 29.6. The summed E-state index contributed by atoms with van der Waals surface area (Å²) >= 11 is 0. The van der Waals surface area contributed by atoms with E-state index in [1.54, 1.807) is 0 Å². The molecule has 0 aromatic rings. The van der Waals surface area contributed by atoms with E-state index in [2.05, 4.69) is 0 Å². The Labute approximate surface area is 288 Å². The van der Waals surface area contributed by atoms with Crippen LogP contribution < -0.4 is 40.1 Å². The van der Waals surface area contributed by atoms with E-state index >= 15 is 0 Å². The molecule has 14 heteroatoms. The molecule has 0 bridgehead atoms. The number of hydrogen-bond donors (Lipinski definition) is 7. The minimum absolute atomic E-state index is 0.00779. The molecule has 0 spiro atoms. The van der Waals surface area contributed by atoms with Gasteiger partial charge in [0.2, 0.25) is 23.6 Å². The Balaban J connectivity index is 6.65. The Bertz CT molecular complexity index is 908. The van der Waals surface area contributed by atoms with Crippen LogP contribution in [0.15, 0.2) is 0 Å². The second-order valence-corrected chi connectivity index (χ2v) is 12.7. The van der Waals surface area contributed by atoms with Gasteiger partial charge in [0.1, 0.15) is 12.1 Å². The third kappa shape index (κ3) is 18.9. The Morgan fingerprint density at radius 1 is 0.417 bits per heavy atom. The predicted molar refractivity (Wildman–Crippen MR) is 191 cm³/mol. The molecule has 280 valence electrons. The van der Waals surface area contributed by atoms with Crippen LogP contribution >= 0.6 is 0 Å². The zero-order valence-corrected chi connectivity index (χ0v) is 29.6. The fraction of sp³-hybridized carbons (Fsp3) is 0.853. The highest BCUT2D eigenvalue weighted by Gasteiger charge is 2.43. The van der Waals surface area contributed by atoms with Crippen molar-refractivity contribution >= 4 is 29.5 Å². The van der Waals surface area contributed by atoms with Crippen molar-refractivity contribution in [1.82, 2.24) is 9.80 Å². The highest BCUT2D eigenvalue weighted by atomic mass is 16.2. The molecule has 0 aromatic carbocycles. The first-order chi connectivity index (χ1) is 23.1. The molecule has 0 saturated heterocycles. The van der Waals surface area contributed by atoms with Crippen LogP contribution in [0.2, 0.25) is 0 Å². The summed E-state index contributed by atoms with van der Waals surface area (Å²) in [7, 11) is 0. The van der Waals surface area contributed by atoms with Crippen molar-refractivity contribution < 1.29 is 24.0 Å². The van der Waals surface area contributed by atoms with Crippen LogP contribution in [0.5, 0.6) is 0 Å². The summed E-state index contributed by atoms with van der Waals surface area (Å²) < 4.78 is 0. The van der Waals surface area contributed by atoms with E-state index in [-0.39, 0.29) is 32.1 Å². The molecule has 0 aliphatic carbocycles. The molecule has 0 heterocycles. The molecule has 0 radical (unpaired) electrons. The van der Waals surface area contributed by atoms with Gasteiger partial charge in [0.05, 0.1) is 6.04 Å². The summed E-state index contributed by atoms with van der Waals surface area (Å²) in [5.74, 6) is -3.41. The molecule has 0 fully saturated rings. The van der Waals surface area contributed by atoms with Crippen molar-refractivity contribution in [3.63, 3.8) is 0 Å². The maximum absolute atomic E-state index is 14.6. The number of amides is 5. The summed E-state index contributed by atoms with van der Waals surface area (Å²) in [5.41, 5.74) is 40.4. The summed E-state index contributed by atoms with van der Waals surface area (Å²) in [4.78, 5) is 71.1. The summed E-state index contributed by atoms with van der Waals surface area (Å²) in [5, 5.41) is 0. The van der Waals surface area contributed by atoms with Crippen LogP contribution in [0.4, 0.5) is 0 Å². The molecule has 0 aliphatic heterocycles. The van der Waals surface area contributed by atoms with Crippen molar-refractivity contribution in [3.8, 4) is 0 Å². The van der Waals surface area contributed by atoms with E-state index in [1.165, 1.54) is 0 Å². The average molecular weight is 684 g/mol. The fourth-order valence-corrected chi connectivity index (χ4v) is 5.74. The van der Waals surface area contributed by atoms with Gasteiger partial charge in [0.25, 0.3) is 5.91 Å². The highest BCUT2D eigenvalue weighted by molar-refractivity contribution is 6.07. The van der Waals surface area contributed by atoms with E-state index < -0.39 is 47.7 Å². The van der Waals surface area contributed by atoms with Crippen LogP contribution in [0.25, 0.3) is 0 Å². The van der Waals surface area contributed by atoms with Gasteiger partial charge in [-0.25, -0.2) is 0 Å². The van der Waals surface area contributed by atoms with E-state index in [4.69, 9.17) is 40.1 Å². The van der Waals surface area contributed by atoms with Crippen LogP contribution in [0.1, 0.15) is 135 Å². The molecule has 14 N–H and O–H groups in total. The second-order valence-electron chi connectivity index (χ2n) is 12.7. The largest absolute Gasteiger partial charge is 0.368 e. The van der Waals surface area contributed by atoms with Gasteiger partial charge in [-0.15, -0.1) is 0 Å². The number of rotatable bonds is 31. The van der Waals surface area contributed by atoms with E-state index in [0.29, 0.717) is 84.1 Å². The Morgan fingerprint density at radius 2 is 0.750 bits per heavy atom. The lowest BCUT2D eigenvalue weighted by Gasteiger charge is -2.36. The lowest BCUT2D eigenvalue weighted by molar-refractivity contribution is -0.162. The summed E-state index contributed by atoms with van der Waals surface area (Å²) in [6, 6.07) is -3.65. The number of carbonyl (C=O) groups is 5. The minimum Gasteiger partial charge on any atom is -0.368 e. The second kappa shape index (κ2) is 29.4. The van der Waals surface area contributed by atoms with Gasteiger partial charge in [-0.3, -0.25) is 33.8 Å². The maximum atomic E-state index is 14.6. The Morgan fingerprint density at radius 3 is 1.17 bits per heavy atom. The highest BCUT2D eigenvalue weighted by Crippen LogP contribution is 2.22.